The van der Waals surface area contributed by atoms with Gasteiger partial charge in [-0.15, -0.1) is 0 Å². The molecule has 0 unspecified atom stereocenters. The summed E-state index contributed by atoms with van der Waals surface area (Å²) in [4.78, 5) is 0. The number of allylic oxidation sites excluding steroid dienone is 6. The minimum Gasteiger partial charge on any atom is -0.423 e. The number of halogens is 3. The quantitative estimate of drug-likeness (QED) is 0.540. The second-order valence-electron chi connectivity index (χ2n) is 2.29. The monoisotopic (exact) mass is 204 g/mol. The van der Waals surface area contributed by atoms with Gasteiger partial charge < -0.3 is 10.0 Å². The summed E-state index contributed by atoms with van der Waals surface area (Å²) in [6, 6.07) is 0. The Kier molecular flexibility index (Phi) is 4.97. The highest BCUT2D eigenvalue weighted by Gasteiger charge is 2.14. The fraction of sp³-hybridized carbons (Fsp3) is 0. The third-order valence-corrected chi connectivity index (χ3v) is 1.28. The average molecular weight is 204 g/mol. The van der Waals surface area contributed by atoms with Crippen molar-refractivity contribution in [3.8, 4) is 0 Å². The highest BCUT2D eigenvalue weighted by atomic mass is 19.2. The van der Waals surface area contributed by atoms with Crippen LogP contribution < -0.4 is 0 Å². The van der Waals surface area contributed by atoms with Crippen LogP contribution in [0.2, 0.25) is 0 Å². The summed E-state index contributed by atoms with van der Waals surface area (Å²) in [6.07, 6.45) is 1.32. The fourth-order valence-electron chi connectivity index (χ4n) is 0.578. The molecule has 0 fully saturated rings. The van der Waals surface area contributed by atoms with E-state index in [1.165, 1.54) is 0 Å². The Labute approximate surface area is 79.5 Å². The van der Waals surface area contributed by atoms with Crippen LogP contribution in [-0.2, 0) is 0 Å². The first-order valence-corrected chi connectivity index (χ1v) is 3.50. The molecule has 2 N–H and O–H groups in total. The van der Waals surface area contributed by atoms with E-state index < -0.39 is 24.6 Å². The summed E-state index contributed by atoms with van der Waals surface area (Å²) in [6.45, 7) is 5.66. The second-order valence-corrected chi connectivity index (χ2v) is 2.29. The highest BCUT2D eigenvalue weighted by Crippen LogP contribution is 2.19. The van der Waals surface area contributed by atoms with Crippen LogP contribution >= 0.6 is 0 Å². The molecule has 0 aromatic heterocycles. The van der Waals surface area contributed by atoms with Crippen LogP contribution in [0.4, 0.5) is 13.2 Å². The van der Waals surface area contributed by atoms with Crippen molar-refractivity contribution in [3.63, 3.8) is 0 Å². The van der Waals surface area contributed by atoms with Crippen molar-refractivity contribution in [2.75, 3.05) is 0 Å². The van der Waals surface area contributed by atoms with Crippen molar-refractivity contribution in [2.45, 2.75) is 0 Å². The van der Waals surface area contributed by atoms with Gasteiger partial charge in [0.05, 0.1) is 0 Å². The molecule has 0 aliphatic rings. The van der Waals surface area contributed by atoms with Gasteiger partial charge in [0.15, 0.2) is 17.5 Å². The van der Waals surface area contributed by atoms with Gasteiger partial charge in [0, 0.05) is 0 Å². The molecule has 2 nitrogen and oxygen atoms in total. The minimum absolute atomic E-state index is 0.390. The predicted octanol–water partition coefficient (Wildman–Crippen LogP) is 1.74. The molecule has 14 heavy (non-hydrogen) atoms. The average Bonchev–Trinajstić information content (AvgIpc) is 2.11. The maximum absolute atomic E-state index is 12.7. The van der Waals surface area contributed by atoms with Crippen LogP contribution in [-0.4, -0.2) is 17.2 Å². The highest BCUT2D eigenvalue weighted by molar-refractivity contribution is 6.51. The smallest absolute Gasteiger partial charge is 0.423 e. The third kappa shape index (κ3) is 3.63. The SMILES string of the molecule is C=C/C(=C\C(F)=C(\F)C(=C)F)B(O)O. The summed E-state index contributed by atoms with van der Waals surface area (Å²) in [7, 11) is -2.00. The van der Waals surface area contributed by atoms with Crippen molar-refractivity contribution in [1.82, 2.24) is 0 Å². The lowest BCUT2D eigenvalue weighted by Crippen LogP contribution is -2.13. The Balaban J connectivity index is 5.05. The third-order valence-electron chi connectivity index (χ3n) is 1.28. The van der Waals surface area contributed by atoms with E-state index in [4.69, 9.17) is 10.0 Å². The lowest BCUT2D eigenvalue weighted by atomic mass is 9.79. The van der Waals surface area contributed by atoms with E-state index in [0.29, 0.717) is 6.08 Å². The zero-order valence-corrected chi connectivity index (χ0v) is 7.17. The van der Waals surface area contributed by atoms with E-state index in [0.717, 1.165) is 6.08 Å². The van der Waals surface area contributed by atoms with Crippen LogP contribution in [0.25, 0.3) is 0 Å². The molecule has 0 atom stereocenters. The van der Waals surface area contributed by atoms with Crippen LogP contribution in [0.1, 0.15) is 0 Å². The molecule has 76 valence electrons. The number of rotatable bonds is 4. The van der Waals surface area contributed by atoms with Gasteiger partial charge in [0.25, 0.3) is 0 Å². The first-order valence-electron chi connectivity index (χ1n) is 3.50. The zero-order chi connectivity index (χ0) is 11.3. The normalized spacial score (nSPS) is 13.4. The Morgan fingerprint density at radius 3 is 2.00 bits per heavy atom. The van der Waals surface area contributed by atoms with Crippen LogP contribution in [0.5, 0.6) is 0 Å². The van der Waals surface area contributed by atoms with Gasteiger partial charge in [-0.05, 0) is 11.5 Å². The van der Waals surface area contributed by atoms with Crippen molar-refractivity contribution < 1.29 is 23.2 Å². The largest absolute Gasteiger partial charge is 0.488 e. The summed E-state index contributed by atoms with van der Waals surface area (Å²) in [5, 5.41) is 17.1. The van der Waals surface area contributed by atoms with Crippen LogP contribution in [0.15, 0.2) is 48.3 Å². The lowest BCUT2D eigenvalue weighted by Gasteiger charge is -1.98. The van der Waals surface area contributed by atoms with Crippen LogP contribution in [0, 0.1) is 0 Å². The molecule has 0 heterocycles. The molecule has 0 rings (SSSR count). The van der Waals surface area contributed by atoms with Gasteiger partial charge >= 0.3 is 7.12 Å². The maximum Gasteiger partial charge on any atom is 0.488 e. The second kappa shape index (κ2) is 5.46. The molecular weight excluding hydrogens is 196 g/mol. The molecule has 0 saturated carbocycles. The van der Waals surface area contributed by atoms with Crippen molar-refractivity contribution in [2.24, 2.45) is 0 Å². The van der Waals surface area contributed by atoms with Crippen molar-refractivity contribution in [3.05, 3.63) is 48.3 Å². The summed E-state index contributed by atoms with van der Waals surface area (Å²) >= 11 is 0. The Morgan fingerprint density at radius 2 is 1.71 bits per heavy atom. The van der Waals surface area contributed by atoms with Gasteiger partial charge in [0.1, 0.15) is 0 Å². The molecule has 6 heteroatoms. The molecule has 0 radical (unpaired) electrons. The number of hydrogen-bond acceptors (Lipinski definition) is 2. The van der Waals surface area contributed by atoms with Crippen LogP contribution in [0.3, 0.4) is 0 Å². The van der Waals surface area contributed by atoms with Gasteiger partial charge in [-0.3, -0.25) is 0 Å². The zero-order valence-electron chi connectivity index (χ0n) is 7.17. The molecule has 0 aliphatic carbocycles. The van der Waals surface area contributed by atoms with Crippen molar-refractivity contribution in [1.29, 1.82) is 0 Å². The van der Waals surface area contributed by atoms with E-state index in [1.54, 1.807) is 0 Å². The topological polar surface area (TPSA) is 40.5 Å². The van der Waals surface area contributed by atoms with E-state index in [1.807, 2.05) is 0 Å². The standard InChI is InChI=1S/C8H8BF3O2/c1-3-6(9(13)14)4-7(11)8(12)5(2)10/h3-4,13-14H,1-2H2/b6-4+,8-7-. The molecule has 0 aromatic carbocycles. The Morgan fingerprint density at radius 1 is 1.21 bits per heavy atom. The first kappa shape index (κ1) is 12.7. The predicted molar refractivity (Wildman–Crippen MR) is 48.0 cm³/mol. The molecule has 0 saturated heterocycles. The summed E-state index contributed by atoms with van der Waals surface area (Å²) in [5.41, 5.74) is -0.390. The lowest BCUT2D eigenvalue weighted by molar-refractivity contribution is 0.420. The Bertz CT molecular complexity index is 308. The summed E-state index contributed by atoms with van der Waals surface area (Å²) in [5.74, 6) is -4.94. The molecular formula is C8H8BF3O2. The van der Waals surface area contributed by atoms with Gasteiger partial charge in [-0.1, -0.05) is 19.2 Å². The number of hydrogen-bond donors (Lipinski definition) is 2. The molecule has 0 bridgehead atoms. The minimum atomic E-state index is -2.00. The van der Waals surface area contributed by atoms with Gasteiger partial charge in [0.2, 0.25) is 0 Å². The van der Waals surface area contributed by atoms with Gasteiger partial charge in [-0.25, -0.2) is 13.2 Å². The molecule has 0 aromatic rings. The van der Waals surface area contributed by atoms with E-state index >= 15 is 0 Å². The van der Waals surface area contributed by atoms with Crippen molar-refractivity contribution >= 4 is 7.12 Å². The molecule has 0 spiro atoms. The van der Waals surface area contributed by atoms with E-state index in [2.05, 4.69) is 13.2 Å². The molecule has 0 aliphatic heterocycles. The van der Waals surface area contributed by atoms with E-state index in [-0.39, 0.29) is 5.47 Å². The fourth-order valence-corrected chi connectivity index (χ4v) is 0.578. The Hall–Kier alpha value is -1.27. The maximum atomic E-state index is 12.7. The van der Waals surface area contributed by atoms with Gasteiger partial charge in [-0.2, -0.15) is 0 Å². The first-order chi connectivity index (χ1) is 6.40. The summed E-state index contributed by atoms with van der Waals surface area (Å²) < 4.78 is 37.2. The van der Waals surface area contributed by atoms with E-state index in [9.17, 15) is 13.2 Å². The molecule has 0 amide bonds.